The molecule has 0 fully saturated rings. The van der Waals surface area contributed by atoms with Gasteiger partial charge in [-0.3, -0.25) is 9.48 Å². The standard InChI is InChI=1S/C22H27N5O/c1-5-20-16(3)25-17(4)26-21(20)18-7-9-19(10-8-18)22(28)24-15(2)11-14-27-13-6-12-23-27/h6-10,12-13,15H,5,11,14H2,1-4H3,(H,24,28)/t15-/m1/s1. The van der Waals surface area contributed by atoms with E-state index in [0.29, 0.717) is 5.56 Å². The molecule has 1 amide bonds. The van der Waals surface area contributed by atoms with Crippen LogP contribution in [0.1, 0.15) is 47.7 Å². The fourth-order valence-electron chi connectivity index (χ4n) is 3.32. The van der Waals surface area contributed by atoms with Crippen LogP contribution in [0.15, 0.2) is 42.7 Å². The van der Waals surface area contributed by atoms with Crippen molar-refractivity contribution in [1.29, 1.82) is 0 Å². The van der Waals surface area contributed by atoms with Crippen molar-refractivity contribution in [2.75, 3.05) is 0 Å². The summed E-state index contributed by atoms with van der Waals surface area (Å²) in [6, 6.07) is 9.60. The van der Waals surface area contributed by atoms with Gasteiger partial charge in [-0.1, -0.05) is 19.1 Å². The number of carbonyl (C=O) groups excluding carboxylic acids is 1. The summed E-state index contributed by atoms with van der Waals surface area (Å²) in [5.41, 5.74) is 4.77. The number of nitrogens with zero attached hydrogens (tertiary/aromatic N) is 4. The molecule has 2 aromatic heterocycles. The molecule has 1 aromatic carbocycles. The van der Waals surface area contributed by atoms with Crippen molar-refractivity contribution >= 4 is 5.91 Å². The quantitative estimate of drug-likeness (QED) is 0.681. The Morgan fingerprint density at radius 1 is 1.18 bits per heavy atom. The average Bonchev–Trinajstić information content (AvgIpc) is 3.19. The zero-order valence-electron chi connectivity index (χ0n) is 16.9. The smallest absolute Gasteiger partial charge is 0.251 e. The third kappa shape index (κ3) is 4.63. The zero-order chi connectivity index (χ0) is 20.1. The van der Waals surface area contributed by atoms with Crippen LogP contribution >= 0.6 is 0 Å². The highest BCUT2D eigenvalue weighted by Gasteiger charge is 2.13. The summed E-state index contributed by atoms with van der Waals surface area (Å²) < 4.78 is 1.87. The van der Waals surface area contributed by atoms with Gasteiger partial charge in [0.1, 0.15) is 5.82 Å². The third-order valence-electron chi connectivity index (χ3n) is 4.83. The third-order valence-corrected chi connectivity index (χ3v) is 4.83. The Balaban J connectivity index is 1.68. The maximum atomic E-state index is 12.5. The highest BCUT2D eigenvalue weighted by Crippen LogP contribution is 2.24. The van der Waals surface area contributed by atoms with E-state index >= 15 is 0 Å². The predicted molar refractivity (Wildman–Crippen MR) is 110 cm³/mol. The number of nitrogens with one attached hydrogen (secondary N) is 1. The van der Waals surface area contributed by atoms with Gasteiger partial charge >= 0.3 is 0 Å². The van der Waals surface area contributed by atoms with Crippen LogP contribution in [0.5, 0.6) is 0 Å². The molecule has 0 radical (unpaired) electrons. The second-order valence-corrected chi connectivity index (χ2v) is 7.05. The zero-order valence-corrected chi connectivity index (χ0v) is 16.9. The van der Waals surface area contributed by atoms with Crippen LogP contribution in [0.25, 0.3) is 11.3 Å². The van der Waals surface area contributed by atoms with E-state index in [9.17, 15) is 4.79 Å². The molecule has 146 valence electrons. The fourth-order valence-corrected chi connectivity index (χ4v) is 3.32. The topological polar surface area (TPSA) is 72.7 Å². The molecule has 0 saturated heterocycles. The Hall–Kier alpha value is -3.02. The summed E-state index contributed by atoms with van der Waals surface area (Å²) in [7, 11) is 0. The van der Waals surface area contributed by atoms with E-state index < -0.39 is 0 Å². The lowest BCUT2D eigenvalue weighted by atomic mass is 10.0. The number of rotatable bonds is 7. The average molecular weight is 377 g/mol. The van der Waals surface area contributed by atoms with Gasteiger partial charge in [0.05, 0.1) is 5.69 Å². The SMILES string of the molecule is CCc1c(C)nc(C)nc1-c1ccc(C(=O)N[C@H](C)CCn2cccn2)cc1. The minimum absolute atomic E-state index is 0.0646. The van der Waals surface area contributed by atoms with Crippen molar-refractivity contribution in [3.63, 3.8) is 0 Å². The number of amides is 1. The molecule has 0 aliphatic rings. The Morgan fingerprint density at radius 3 is 2.57 bits per heavy atom. The molecule has 3 rings (SSSR count). The Labute approximate surface area is 166 Å². The normalized spacial score (nSPS) is 12.0. The minimum Gasteiger partial charge on any atom is -0.350 e. The Kier molecular flexibility index (Phi) is 6.19. The molecular formula is C22H27N5O. The summed E-state index contributed by atoms with van der Waals surface area (Å²) in [5.74, 6) is 0.697. The van der Waals surface area contributed by atoms with Crippen molar-refractivity contribution in [3.05, 3.63) is 65.4 Å². The van der Waals surface area contributed by atoms with Crippen LogP contribution in [-0.4, -0.2) is 31.7 Å². The molecule has 6 heteroatoms. The summed E-state index contributed by atoms with van der Waals surface area (Å²) in [4.78, 5) is 21.6. The molecule has 3 aromatic rings. The number of benzene rings is 1. The van der Waals surface area contributed by atoms with Gasteiger partial charge in [0.2, 0.25) is 0 Å². The molecule has 2 heterocycles. The van der Waals surface area contributed by atoms with Crippen molar-refractivity contribution < 1.29 is 4.79 Å². The van der Waals surface area contributed by atoms with E-state index in [1.165, 1.54) is 0 Å². The van der Waals surface area contributed by atoms with E-state index in [4.69, 9.17) is 0 Å². The highest BCUT2D eigenvalue weighted by atomic mass is 16.1. The van der Waals surface area contributed by atoms with Gasteiger partial charge in [-0.05, 0) is 57.4 Å². The first-order chi connectivity index (χ1) is 13.5. The van der Waals surface area contributed by atoms with Gasteiger partial charge in [0.25, 0.3) is 5.91 Å². The lowest BCUT2D eigenvalue weighted by Crippen LogP contribution is -2.33. The highest BCUT2D eigenvalue weighted by molar-refractivity contribution is 5.94. The summed E-state index contributed by atoms with van der Waals surface area (Å²) >= 11 is 0. The molecule has 0 aliphatic carbocycles. The number of hydrogen-bond donors (Lipinski definition) is 1. The summed E-state index contributed by atoms with van der Waals surface area (Å²) in [6.45, 7) is 8.82. The van der Waals surface area contributed by atoms with Crippen LogP contribution in [-0.2, 0) is 13.0 Å². The monoisotopic (exact) mass is 377 g/mol. The second kappa shape index (κ2) is 8.78. The summed E-state index contributed by atoms with van der Waals surface area (Å²) in [5, 5.41) is 7.24. The molecule has 0 saturated carbocycles. The van der Waals surface area contributed by atoms with Crippen molar-refractivity contribution in [2.24, 2.45) is 0 Å². The van der Waals surface area contributed by atoms with Crippen molar-refractivity contribution in [2.45, 2.75) is 53.1 Å². The summed E-state index contributed by atoms with van der Waals surface area (Å²) in [6.07, 6.45) is 5.38. The first-order valence-corrected chi connectivity index (χ1v) is 9.70. The van der Waals surface area contributed by atoms with E-state index in [0.717, 1.165) is 47.7 Å². The van der Waals surface area contributed by atoms with Gasteiger partial charge in [-0.25, -0.2) is 9.97 Å². The van der Waals surface area contributed by atoms with E-state index in [1.54, 1.807) is 6.20 Å². The Bertz CT molecular complexity index is 932. The van der Waals surface area contributed by atoms with Crippen LogP contribution < -0.4 is 5.32 Å². The molecule has 0 aliphatic heterocycles. The van der Waals surface area contributed by atoms with Crippen LogP contribution in [0.2, 0.25) is 0 Å². The van der Waals surface area contributed by atoms with E-state index in [2.05, 4.69) is 27.3 Å². The number of aromatic nitrogens is 4. The number of carbonyl (C=O) groups is 1. The molecule has 28 heavy (non-hydrogen) atoms. The lowest BCUT2D eigenvalue weighted by molar-refractivity contribution is 0.0937. The maximum absolute atomic E-state index is 12.5. The lowest BCUT2D eigenvalue weighted by Gasteiger charge is -2.15. The van der Waals surface area contributed by atoms with Crippen molar-refractivity contribution in [3.8, 4) is 11.3 Å². The van der Waals surface area contributed by atoms with Gasteiger partial charge < -0.3 is 5.32 Å². The molecule has 0 bridgehead atoms. The predicted octanol–water partition coefficient (Wildman–Crippen LogP) is 3.73. The molecular weight excluding hydrogens is 350 g/mol. The van der Waals surface area contributed by atoms with Gasteiger partial charge in [-0.15, -0.1) is 0 Å². The first-order valence-electron chi connectivity index (χ1n) is 9.70. The largest absolute Gasteiger partial charge is 0.350 e. The van der Waals surface area contributed by atoms with E-state index in [-0.39, 0.29) is 11.9 Å². The molecule has 0 unspecified atom stereocenters. The Morgan fingerprint density at radius 2 is 1.93 bits per heavy atom. The number of aryl methyl sites for hydroxylation is 3. The molecule has 6 nitrogen and oxygen atoms in total. The molecule has 1 N–H and O–H groups in total. The minimum atomic E-state index is -0.0646. The van der Waals surface area contributed by atoms with Crippen LogP contribution in [0.4, 0.5) is 0 Å². The van der Waals surface area contributed by atoms with E-state index in [1.807, 2.05) is 62.0 Å². The first kappa shape index (κ1) is 19.7. The van der Waals surface area contributed by atoms with Crippen LogP contribution in [0.3, 0.4) is 0 Å². The fraction of sp³-hybridized carbons (Fsp3) is 0.364. The molecule has 0 spiro atoms. The van der Waals surface area contributed by atoms with Gasteiger partial charge in [0, 0.05) is 41.8 Å². The van der Waals surface area contributed by atoms with Crippen molar-refractivity contribution in [1.82, 2.24) is 25.1 Å². The van der Waals surface area contributed by atoms with Gasteiger partial charge in [-0.2, -0.15) is 5.10 Å². The second-order valence-electron chi connectivity index (χ2n) is 7.05. The molecule has 1 atom stereocenters. The number of hydrogen-bond acceptors (Lipinski definition) is 4. The van der Waals surface area contributed by atoms with Gasteiger partial charge in [0.15, 0.2) is 0 Å². The van der Waals surface area contributed by atoms with Crippen LogP contribution in [0, 0.1) is 13.8 Å². The maximum Gasteiger partial charge on any atom is 0.251 e.